The third-order valence-electron chi connectivity index (χ3n) is 4.26. The van der Waals surface area contributed by atoms with Gasteiger partial charge in [0.15, 0.2) is 9.84 Å². The Kier molecular flexibility index (Phi) is 4.79. The largest absolute Gasteiger partial charge is 0.416 e. The lowest BCUT2D eigenvalue weighted by Crippen LogP contribution is -2.35. The van der Waals surface area contributed by atoms with E-state index < -0.39 is 33.5 Å². The van der Waals surface area contributed by atoms with Crippen LogP contribution in [0.5, 0.6) is 0 Å². The summed E-state index contributed by atoms with van der Waals surface area (Å²) in [6, 6.07) is 10.6. The van der Waals surface area contributed by atoms with Gasteiger partial charge in [-0.2, -0.15) is 13.2 Å². The Hall–Kier alpha value is -2.35. The summed E-state index contributed by atoms with van der Waals surface area (Å²) in [7, 11) is -3.13. The van der Waals surface area contributed by atoms with Crippen molar-refractivity contribution in [2.75, 3.05) is 11.5 Å². The number of sulfone groups is 1. The molecule has 1 N–H and O–H groups in total. The molecule has 3 rings (SSSR count). The van der Waals surface area contributed by atoms with Crippen LogP contribution >= 0.6 is 0 Å². The lowest BCUT2D eigenvalue weighted by molar-refractivity contribution is -0.137. The number of rotatable bonds is 3. The molecule has 26 heavy (non-hydrogen) atoms. The van der Waals surface area contributed by atoms with Crippen molar-refractivity contribution in [2.24, 2.45) is 0 Å². The molecule has 0 aromatic heterocycles. The standard InChI is InChI=1S/C18H16F3NO3S/c19-18(20,21)13-7-5-12(6-8-13)15-3-1-2-4-16(15)17(23)22-14-9-10-26(24,25)11-14/h1-8,14H,9-11H2,(H,22,23)/t14-/m0/s1. The quantitative estimate of drug-likeness (QED) is 0.885. The third kappa shape index (κ3) is 4.07. The van der Waals surface area contributed by atoms with Crippen molar-refractivity contribution in [3.05, 3.63) is 59.7 Å². The van der Waals surface area contributed by atoms with Crippen LogP contribution in [0, 0.1) is 0 Å². The Morgan fingerprint density at radius 3 is 2.27 bits per heavy atom. The van der Waals surface area contributed by atoms with Crippen molar-refractivity contribution in [3.63, 3.8) is 0 Å². The summed E-state index contributed by atoms with van der Waals surface area (Å²) < 4.78 is 61.2. The fourth-order valence-corrected chi connectivity index (χ4v) is 4.62. The number of nitrogens with one attached hydrogen (secondary N) is 1. The number of hydrogen-bond donors (Lipinski definition) is 1. The van der Waals surface area contributed by atoms with Crippen LogP contribution in [0.3, 0.4) is 0 Å². The van der Waals surface area contributed by atoms with E-state index in [-0.39, 0.29) is 17.1 Å². The second-order valence-corrected chi connectivity index (χ2v) is 8.42. The normalized spacial score (nSPS) is 19.3. The molecule has 1 saturated heterocycles. The van der Waals surface area contributed by atoms with E-state index >= 15 is 0 Å². The molecule has 0 aliphatic carbocycles. The van der Waals surface area contributed by atoms with Gasteiger partial charge in [-0.3, -0.25) is 4.79 Å². The molecule has 1 heterocycles. The SMILES string of the molecule is O=C(N[C@H]1CCS(=O)(=O)C1)c1ccccc1-c1ccc(C(F)(F)F)cc1. The minimum Gasteiger partial charge on any atom is -0.348 e. The van der Waals surface area contributed by atoms with Crippen molar-refractivity contribution < 1.29 is 26.4 Å². The van der Waals surface area contributed by atoms with Crippen molar-refractivity contribution in [1.29, 1.82) is 0 Å². The maximum absolute atomic E-state index is 12.7. The number of carbonyl (C=O) groups excluding carboxylic acids is 1. The molecule has 1 aliphatic rings. The van der Waals surface area contributed by atoms with Crippen LogP contribution in [-0.2, 0) is 16.0 Å². The van der Waals surface area contributed by atoms with Gasteiger partial charge in [0.05, 0.1) is 17.1 Å². The van der Waals surface area contributed by atoms with E-state index in [2.05, 4.69) is 5.32 Å². The molecule has 2 aromatic carbocycles. The first kappa shape index (κ1) is 18.4. The summed E-state index contributed by atoms with van der Waals surface area (Å²) in [6.45, 7) is 0. The number of benzene rings is 2. The maximum Gasteiger partial charge on any atom is 0.416 e. The van der Waals surface area contributed by atoms with E-state index in [1.54, 1.807) is 24.3 Å². The van der Waals surface area contributed by atoms with Crippen LogP contribution in [0.25, 0.3) is 11.1 Å². The number of halogens is 3. The van der Waals surface area contributed by atoms with E-state index in [9.17, 15) is 26.4 Å². The summed E-state index contributed by atoms with van der Waals surface area (Å²) in [5, 5.41) is 2.70. The highest BCUT2D eigenvalue weighted by molar-refractivity contribution is 7.91. The summed E-state index contributed by atoms with van der Waals surface area (Å²) >= 11 is 0. The molecule has 1 amide bonds. The second kappa shape index (κ2) is 6.75. The van der Waals surface area contributed by atoms with Gasteiger partial charge in [0, 0.05) is 11.6 Å². The van der Waals surface area contributed by atoms with E-state index in [1.165, 1.54) is 12.1 Å². The number of carbonyl (C=O) groups is 1. The summed E-state index contributed by atoms with van der Waals surface area (Å²) in [6.07, 6.45) is -4.07. The molecule has 4 nitrogen and oxygen atoms in total. The molecular formula is C18H16F3NO3S. The Labute approximate surface area is 149 Å². The van der Waals surface area contributed by atoms with Gasteiger partial charge >= 0.3 is 6.18 Å². The summed E-state index contributed by atoms with van der Waals surface area (Å²) in [4.78, 5) is 12.5. The summed E-state index contributed by atoms with van der Waals surface area (Å²) in [5.74, 6) is -0.498. The number of hydrogen-bond acceptors (Lipinski definition) is 3. The predicted octanol–water partition coefficient (Wildman–Crippen LogP) is 3.29. The van der Waals surface area contributed by atoms with Crippen molar-refractivity contribution in [2.45, 2.75) is 18.6 Å². The Morgan fingerprint density at radius 1 is 1.04 bits per heavy atom. The van der Waals surface area contributed by atoms with Crippen molar-refractivity contribution >= 4 is 15.7 Å². The average Bonchev–Trinajstić information content (AvgIpc) is 2.92. The molecule has 0 saturated carbocycles. The molecule has 138 valence electrons. The first-order valence-corrected chi connectivity index (χ1v) is 9.76. The maximum atomic E-state index is 12.7. The zero-order chi connectivity index (χ0) is 18.9. The predicted molar refractivity (Wildman–Crippen MR) is 91.4 cm³/mol. The number of amides is 1. The van der Waals surface area contributed by atoms with Gasteiger partial charge in [-0.1, -0.05) is 30.3 Å². The molecule has 0 radical (unpaired) electrons. The van der Waals surface area contributed by atoms with Crippen LogP contribution in [0.15, 0.2) is 48.5 Å². The molecule has 8 heteroatoms. The average molecular weight is 383 g/mol. The van der Waals surface area contributed by atoms with Gasteiger partial charge in [-0.15, -0.1) is 0 Å². The second-order valence-electron chi connectivity index (χ2n) is 6.19. The van der Waals surface area contributed by atoms with Crippen LogP contribution in [0.1, 0.15) is 22.3 Å². The van der Waals surface area contributed by atoms with E-state index in [4.69, 9.17) is 0 Å². The fraction of sp³-hybridized carbons (Fsp3) is 0.278. The molecular weight excluding hydrogens is 367 g/mol. The molecule has 0 bridgehead atoms. The first-order valence-electron chi connectivity index (χ1n) is 7.94. The molecule has 0 unspecified atom stereocenters. The molecule has 1 atom stereocenters. The molecule has 2 aromatic rings. The third-order valence-corrected chi connectivity index (χ3v) is 6.03. The van der Waals surface area contributed by atoms with Gasteiger partial charge in [0.1, 0.15) is 0 Å². The van der Waals surface area contributed by atoms with Crippen LogP contribution in [-0.4, -0.2) is 31.9 Å². The van der Waals surface area contributed by atoms with Gasteiger partial charge in [0.2, 0.25) is 0 Å². The van der Waals surface area contributed by atoms with Crippen molar-refractivity contribution in [3.8, 4) is 11.1 Å². The van der Waals surface area contributed by atoms with Crippen LogP contribution in [0.2, 0.25) is 0 Å². The first-order chi connectivity index (χ1) is 12.2. The number of alkyl halides is 3. The smallest absolute Gasteiger partial charge is 0.348 e. The van der Waals surface area contributed by atoms with Gasteiger partial charge in [-0.25, -0.2) is 8.42 Å². The van der Waals surface area contributed by atoms with Gasteiger partial charge in [-0.05, 0) is 35.7 Å². The van der Waals surface area contributed by atoms with Crippen molar-refractivity contribution in [1.82, 2.24) is 5.32 Å². The Morgan fingerprint density at radius 2 is 1.69 bits per heavy atom. The topological polar surface area (TPSA) is 63.2 Å². The highest BCUT2D eigenvalue weighted by Crippen LogP contribution is 2.32. The minimum atomic E-state index is -4.43. The van der Waals surface area contributed by atoms with E-state index in [0.29, 0.717) is 17.5 Å². The lowest BCUT2D eigenvalue weighted by Gasteiger charge is -2.14. The Bertz CT molecular complexity index is 921. The van der Waals surface area contributed by atoms with Crippen LogP contribution in [0.4, 0.5) is 13.2 Å². The van der Waals surface area contributed by atoms with E-state index in [0.717, 1.165) is 12.1 Å². The minimum absolute atomic E-state index is 0.0402. The Balaban J connectivity index is 1.85. The van der Waals surface area contributed by atoms with E-state index in [1.807, 2.05) is 0 Å². The lowest BCUT2D eigenvalue weighted by atomic mass is 9.98. The zero-order valence-electron chi connectivity index (χ0n) is 13.6. The van der Waals surface area contributed by atoms with Gasteiger partial charge in [0.25, 0.3) is 5.91 Å². The van der Waals surface area contributed by atoms with Gasteiger partial charge < -0.3 is 5.32 Å². The highest BCUT2D eigenvalue weighted by Gasteiger charge is 2.31. The zero-order valence-corrected chi connectivity index (χ0v) is 14.4. The molecule has 1 aliphatic heterocycles. The monoisotopic (exact) mass is 383 g/mol. The fourth-order valence-electron chi connectivity index (χ4n) is 2.94. The summed E-state index contributed by atoms with van der Waals surface area (Å²) in [5.41, 5.74) is 0.485. The van der Waals surface area contributed by atoms with Crippen LogP contribution < -0.4 is 5.32 Å². The molecule has 1 fully saturated rings. The highest BCUT2D eigenvalue weighted by atomic mass is 32.2. The molecule has 0 spiro atoms.